The minimum Gasteiger partial charge on any atom is -0.493 e. The van der Waals surface area contributed by atoms with Gasteiger partial charge in [-0.3, -0.25) is 0 Å². The summed E-state index contributed by atoms with van der Waals surface area (Å²) in [4.78, 5) is 0. The smallest absolute Gasteiger partial charge is 0.275 e. The molecule has 2 aromatic rings. The van der Waals surface area contributed by atoms with E-state index in [1.54, 1.807) is 14.2 Å². The second kappa shape index (κ2) is 6.86. The number of para-hydroxylation sites is 4. The molecule has 0 radical (unpaired) electrons. The molecule has 0 fully saturated rings. The molecule has 0 bridgehead atoms. The third-order valence-corrected chi connectivity index (χ3v) is 3.05. The molecule has 0 N–H and O–H groups in total. The Kier molecular flexibility index (Phi) is 4.87. The van der Waals surface area contributed by atoms with E-state index in [9.17, 15) is 0 Å². The summed E-state index contributed by atoms with van der Waals surface area (Å²) in [5.41, 5.74) is 0. The van der Waals surface area contributed by atoms with Gasteiger partial charge in [-0.25, -0.2) is 0 Å². The lowest BCUT2D eigenvalue weighted by Crippen LogP contribution is -1.91. The zero-order valence-corrected chi connectivity index (χ0v) is 11.8. The van der Waals surface area contributed by atoms with Crippen LogP contribution in [0.1, 0.15) is 0 Å². The van der Waals surface area contributed by atoms with Gasteiger partial charge in [0.15, 0.2) is 23.0 Å². The second-order valence-corrected chi connectivity index (χ2v) is 4.16. The molecule has 0 spiro atoms. The zero-order valence-electron chi connectivity index (χ0n) is 10.8. The van der Waals surface area contributed by atoms with Crippen molar-refractivity contribution in [1.82, 2.24) is 0 Å². The molecule has 0 aliphatic rings. The fourth-order valence-electron chi connectivity index (χ4n) is 1.52. The molecule has 5 heteroatoms. The molecule has 0 amide bonds. The summed E-state index contributed by atoms with van der Waals surface area (Å²) < 4.78 is 21.5. The molecule has 0 aromatic heterocycles. The lowest BCUT2D eigenvalue weighted by atomic mass is 10.3. The Hall–Kier alpha value is -1.93. The van der Waals surface area contributed by atoms with Crippen LogP contribution in [0.5, 0.6) is 23.0 Å². The van der Waals surface area contributed by atoms with Crippen LogP contribution in [0.2, 0.25) is 0 Å². The van der Waals surface area contributed by atoms with Crippen molar-refractivity contribution < 1.29 is 18.5 Å². The Bertz CT molecular complexity index is 483. The van der Waals surface area contributed by atoms with Gasteiger partial charge >= 0.3 is 0 Å². The van der Waals surface area contributed by atoms with Gasteiger partial charge < -0.3 is 18.5 Å². The molecule has 0 heterocycles. The molecule has 0 saturated heterocycles. The highest BCUT2D eigenvalue weighted by atomic mass is 31.1. The third kappa shape index (κ3) is 3.52. The number of hydrogen-bond acceptors (Lipinski definition) is 4. The van der Waals surface area contributed by atoms with Crippen molar-refractivity contribution in [3.63, 3.8) is 0 Å². The van der Waals surface area contributed by atoms with Gasteiger partial charge in [-0.05, 0) is 24.3 Å². The normalized spacial score (nSPS) is 9.79. The van der Waals surface area contributed by atoms with Crippen molar-refractivity contribution >= 4 is 9.03 Å². The van der Waals surface area contributed by atoms with Gasteiger partial charge in [0.1, 0.15) is 0 Å². The Morgan fingerprint density at radius 3 is 1.37 bits per heavy atom. The summed E-state index contributed by atoms with van der Waals surface area (Å²) in [6.07, 6.45) is 0. The Labute approximate surface area is 114 Å². The van der Waals surface area contributed by atoms with Gasteiger partial charge in [-0.2, -0.15) is 0 Å². The van der Waals surface area contributed by atoms with Crippen LogP contribution in [-0.4, -0.2) is 14.2 Å². The Balaban J connectivity index is 1.96. The summed E-state index contributed by atoms with van der Waals surface area (Å²) in [5, 5.41) is 0. The van der Waals surface area contributed by atoms with Crippen LogP contribution in [0.3, 0.4) is 0 Å². The average Bonchev–Trinajstić information content (AvgIpc) is 2.48. The maximum Gasteiger partial charge on any atom is 0.275 e. The van der Waals surface area contributed by atoms with Gasteiger partial charge in [0.2, 0.25) is 0 Å². The summed E-state index contributed by atoms with van der Waals surface area (Å²) in [6.45, 7) is 0. The maximum atomic E-state index is 5.56. The van der Waals surface area contributed by atoms with E-state index < -0.39 is 0 Å². The van der Waals surface area contributed by atoms with Gasteiger partial charge in [-0.15, -0.1) is 0 Å². The predicted octanol–water partition coefficient (Wildman–Crippen LogP) is 3.67. The maximum absolute atomic E-state index is 5.56. The third-order valence-electron chi connectivity index (χ3n) is 2.44. The number of rotatable bonds is 6. The minimum atomic E-state index is -0.174. The van der Waals surface area contributed by atoms with Crippen LogP contribution in [0.15, 0.2) is 48.5 Å². The first kappa shape index (κ1) is 13.5. The van der Waals surface area contributed by atoms with E-state index in [0.29, 0.717) is 23.0 Å². The van der Waals surface area contributed by atoms with Gasteiger partial charge in [0.25, 0.3) is 9.03 Å². The summed E-state index contributed by atoms with van der Waals surface area (Å²) >= 11 is 0. The molecule has 100 valence electrons. The fraction of sp³-hybridized carbons (Fsp3) is 0.143. The predicted molar refractivity (Wildman–Crippen MR) is 75.6 cm³/mol. The van der Waals surface area contributed by atoms with Crippen molar-refractivity contribution in [3.8, 4) is 23.0 Å². The molecule has 2 rings (SSSR count). The first-order valence-corrected chi connectivity index (χ1v) is 6.51. The van der Waals surface area contributed by atoms with Crippen molar-refractivity contribution in [1.29, 1.82) is 0 Å². The van der Waals surface area contributed by atoms with E-state index in [1.807, 2.05) is 48.5 Å². The Morgan fingerprint density at radius 1 is 0.632 bits per heavy atom. The second-order valence-electron chi connectivity index (χ2n) is 3.59. The van der Waals surface area contributed by atoms with Crippen LogP contribution in [-0.2, 0) is 0 Å². The van der Waals surface area contributed by atoms with E-state index in [0.717, 1.165) is 0 Å². The average molecular weight is 278 g/mol. The number of ether oxygens (including phenoxy) is 2. The number of benzene rings is 2. The van der Waals surface area contributed by atoms with E-state index in [4.69, 9.17) is 18.5 Å². The monoisotopic (exact) mass is 278 g/mol. The molecule has 0 aliphatic carbocycles. The van der Waals surface area contributed by atoms with E-state index >= 15 is 0 Å². The molecular formula is C14H15O4P. The van der Waals surface area contributed by atoms with Crippen LogP contribution in [0, 0.1) is 0 Å². The molecule has 19 heavy (non-hydrogen) atoms. The standard InChI is InChI=1S/C14H15O4P/c1-15-11-7-3-5-9-13(11)17-19-18-14-10-6-4-8-12(14)16-2/h3-10,19H,1-2H3. The molecule has 0 aliphatic heterocycles. The lowest BCUT2D eigenvalue weighted by molar-refractivity contribution is 0.384. The van der Waals surface area contributed by atoms with Crippen LogP contribution in [0.25, 0.3) is 0 Å². The first-order valence-electron chi connectivity index (χ1n) is 5.70. The summed E-state index contributed by atoms with van der Waals surface area (Å²) in [7, 11) is 3.03. The van der Waals surface area contributed by atoms with Gasteiger partial charge in [0, 0.05) is 0 Å². The van der Waals surface area contributed by atoms with Crippen molar-refractivity contribution in [2.75, 3.05) is 14.2 Å². The number of methoxy groups -OCH3 is 2. The molecule has 0 saturated carbocycles. The summed E-state index contributed by atoms with van der Waals surface area (Å²) in [6, 6.07) is 14.9. The van der Waals surface area contributed by atoms with Crippen LogP contribution >= 0.6 is 9.03 Å². The lowest BCUT2D eigenvalue weighted by Gasteiger charge is -2.11. The molecule has 4 nitrogen and oxygen atoms in total. The van der Waals surface area contributed by atoms with E-state index in [1.165, 1.54) is 0 Å². The van der Waals surface area contributed by atoms with E-state index in [-0.39, 0.29) is 9.03 Å². The van der Waals surface area contributed by atoms with Crippen molar-refractivity contribution in [3.05, 3.63) is 48.5 Å². The molecule has 0 unspecified atom stereocenters. The highest BCUT2D eigenvalue weighted by molar-refractivity contribution is 7.27. The van der Waals surface area contributed by atoms with Crippen molar-refractivity contribution in [2.24, 2.45) is 0 Å². The Morgan fingerprint density at radius 2 is 1.00 bits per heavy atom. The zero-order chi connectivity index (χ0) is 13.5. The topological polar surface area (TPSA) is 36.9 Å². The summed E-state index contributed by atoms with van der Waals surface area (Å²) in [5.74, 6) is 2.66. The largest absolute Gasteiger partial charge is 0.493 e. The van der Waals surface area contributed by atoms with Gasteiger partial charge in [0.05, 0.1) is 14.2 Å². The fourth-order valence-corrected chi connectivity index (χ4v) is 2.08. The van der Waals surface area contributed by atoms with E-state index in [2.05, 4.69) is 0 Å². The van der Waals surface area contributed by atoms with Gasteiger partial charge in [-0.1, -0.05) is 24.3 Å². The minimum absolute atomic E-state index is 0.174. The molecule has 0 atom stereocenters. The quantitative estimate of drug-likeness (QED) is 0.755. The first-order chi connectivity index (χ1) is 9.35. The SMILES string of the molecule is COc1ccccc1OPOc1ccccc1OC. The highest BCUT2D eigenvalue weighted by Gasteiger charge is 2.05. The van der Waals surface area contributed by atoms with Crippen LogP contribution < -0.4 is 18.5 Å². The van der Waals surface area contributed by atoms with Crippen molar-refractivity contribution in [2.45, 2.75) is 0 Å². The highest BCUT2D eigenvalue weighted by Crippen LogP contribution is 2.35. The molecular weight excluding hydrogens is 263 g/mol. The number of hydrogen-bond donors (Lipinski definition) is 0. The molecule has 2 aromatic carbocycles. The van der Waals surface area contributed by atoms with Crippen LogP contribution in [0.4, 0.5) is 0 Å².